The first-order valence-electron chi connectivity index (χ1n) is 8.35. The van der Waals surface area contributed by atoms with Gasteiger partial charge in [0.15, 0.2) is 0 Å². The highest BCUT2D eigenvalue weighted by Gasteiger charge is 2.07. The minimum absolute atomic E-state index is 0.657. The fraction of sp³-hybridized carbons (Fsp3) is 0.500. The van der Waals surface area contributed by atoms with Crippen LogP contribution in [-0.2, 0) is 0 Å². The average molecular weight is 300 g/mol. The van der Waals surface area contributed by atoms with E-state index in [2.05, 4.69) is 39.8 Å². The molecule has 0 atom stereocenters. The van der Waals surface area contributed by atoms with Crippen LogP contribution in [0.3, 0.4) is 0 Å². The van der Waals surface area contributed by atoms with E-state index < -0.39 is 0 Å². The highest BCUT2D eigenvalue weighted by molar-refractivity contribution is 5.93. The smallest absolute Gasteiger partial charge is 0.127 e. The summed E-state index contributed by atoms with van der Waals surface area (Å²) in [6, 6.07) is 12.4. The van der Waals surface area contributed by atoms with E-state index in [4.69, 9.17) is 9.47 Å². The summed E-state index contributed by atoms with van der Waals surface area (Å²) >= 11 is 0. The SMILES string of the molecule is CC(C)CCOc1cccc2c(OCCC(C)C)cccc12. The predicted octanol–water partition coefficient (Wildman–Crippen LogP) is 5.69. The Hall–Kier alpha value is -1.70. The fourth-order valence-electron chi connectivity index (χ4n) is 2.31. The highest BCUT2D eigenvalue weighted by atomic mass is 16.5. The zero-order valence-electron chi connectivity index (χ0n) is 14.3. The van der Waals surface area contributed by atoms with Gasteiger partial charge < -0.3 is 9.47 Å². The van der Waals surface area contributed by atoms with Crippen LogP contribution in [0.5, 0.6) is 11.5 Å². The van der Waals surface area contributed by atoms with Gasteiger partial charge >= 0.3 is 0 Å². The van der Waals surface area contributed by atoms with Gasteiger partial charge in [-0.25, -0.2) is 0 Å². The molecule has 0 saturated carbocycles. The second kappa shape index (κ2) is 8.07. The number of benzene rings is 2. The Labute approximate surface area is 134 Å². The first-order chi connectivity index (χ1) is 10.6. The zero-order valence-corrected chi connectivity index (χ0v) is 14.3. The summed E-state index contributed by atoms with van der Waals surface area (Å²) in [5, 5.41) is 2.27. The molecule has 0 heterocycles. The molecule has 2 rings (SSSR count). The molecule has 0 radical (unpaired) electrons. The number of fused-ring (bicyclic) bond motifs is 1. The molecule has 2 heteroatoms. The van der Waals surface area contributed by atoms with Gasteiger partial charge in [0.1, 0.15) is 11.5 Å². The molecule has 0 amide bonds. The molecule has 0 spiro atoms. The number of hydrogen-bond acceptors (Lipinski definition) is 2. The first-order valence-corrected chi connectivity index (χ1v) is 8.35. The van der Waals surface area contributed by atoms with Crippen molar-refractivity contribution >= 4 is 10.8 Å². The van der Waals surface area contributed by atoms with Crippen LogP contribution in [0.2, 0.25) is 0 Å². The van der Waals surface area contributed by atoms with Crippen molar-refractivity contribution in [3.05, 3.63) is 36.4 Å². The monoisotopic (exact) mass is 300 g/mol. The molecule has 0 N–H and O–H groups in total. The van der Waals surface area contributed by atoms with Gasteiger partial charge in [0, 0.05) is 10.8 Å². The summed E-state index contributed by atoms with van der Waals surface area (Å²) in [5.41, 5.74) is 0. The number of ether oxygens (including phenoxy) is 2. The van der Waals surface area contributed by atoms with Gasteiger partial charge in [-0.1, -0.05) is 52.0 Å². The molecule has 0 bridgehead atoms. The van der Waals surface area contributed by atoms with Crippen molar-refractivity contribution < 1.29 is 9.47 Å². The lowest BCUT2D eigenvalue weighted by Gasteiger charge is -2.14. The van der Waals surface area contributed by atoms with Crippen molar-refractivity contribution in [1.29, 1.82) is 0 Å². The lowest BCUT2D eigenvalue weighted by atomic mass is 10.1. The third kappa shape index (κ3) is 4.66. The van der Waals surface area contributed by atoms with Crippen molar-refractivity contribution in [2.75, 3.05) is 13.2 Å². The van der Waals surface area contributed by atoms with E-state index in [1.54, 1.807) is 0 Å². The van der Waals surface area contributed by atoms with Crippen molar-refractivity contribution in [2.24, 2.45) is 11.8 Å². The fourth-order valence-corrected chi connectivity index (χ4v) is 2.31. The van der Waals surface area contributed by atoms with Crippen LogP contribution >= 0.6 is 0 Å². The van der Waals surface area contributed by atoms with Crippen LogP contribution in [-0.4, -0.2) is 13.2 Å². The van der Waals surface area contributed by atoms with Crippen LogP contribution in [0.4, 0.5) is 0 Å². The Morgan fingerprint density at radius 1 is 0.682 bits per heavy atom. The summed E-state index contributed by atoms with van der Waals surface area (Å²) < 4.78 is 11.9. The molecule has 0 aliphatic carbocycles. The van der Waals surface area contributed by atoms with E-state index in [0.29, 0.717) is 11.8 Å². The Morgan fingerprint density at radius 3 is 1.45 bits per heavy atom. The predicted molar refractivity (Wildman–Crippen MR) is 93.8 cm³/mol. The largest absolute Gasteiger partial charge is 0.493 e. The van der Waals surface area contributed by atoms with Gasteiger partial charge in [0.2, 0.25) is 0 Å². The second-order valence-electron chi connectivity index (χ2n) is 6.67. The standard InChI is InChI=1S/C20H28O2/c1-15(2)11-13-21-19-9-5-8-18-17(19)7-6-10-20(18)22-14-12-16(3)4/h5-10,15-16H,11-14H2,1-4H3. The van der Waals surface area contributed by atoms with E-state index in [9.17, 15) is 0 Å². The van der Waals surface area contributed by atoms with Gasteiger partial charge in [-0.3, -0.25) is 0 Å². The van der Waals surface area contributed by atoms with E-state index in [1.165, 1.54) is 0 Å². The molecule has 2 aromatic carbocycles. The normalized spacial score (nSPS) is 11.4. The van der Waals surface area contributed by atoms with Gasteiger partial charge in [0.25, 0.3) is 0 Å². The topological polar surface area (TPSA) is 18.5 Å². The van der Waals surface area contributed by atoms with E-state index in [1.807, 2.05) is 24.3 Å². The Kier molecular flexibility index (Phi) is 6.11. The number of rotatable bonds is 8. The molecular formula is C20H28O2. The minimum atomic E-state index is 0.657. The molecule has 2 aromatic rings. The lowest BCUT2D eigenvalue weighted by molar-refractivity contribution is 0.290. The molecule has 0 fully saturated rings. The lowest BCUT2D eigenvalue weighted by Crippen LogP contribution is -2.03. The Morgan fingerprint density at radius 2 is 1.09 bits per heavy atom. The molecule has 0 aliphatic rings. The van der Waals surface area contributed by atoms with Gasteiger partial charge in [0.05, 0.1) is 13.2 Å². The third-order valence-electron chi connectivity index (χ3n) is 3.75. The van der Waals surface area contributed by atoms with E-state index in [-0.39, 0.29) is 0 Å². The highest BCUT2D eigenvalue weighted by Crippen LogP contribution is 2.32. The second-order valence-corrected chi connectivity index (χ2v) is 6.67. The molecule has 0 aliphatic heterocycles. The third-order valence-corrected chi connectivity index (χ3v) is 3.75. The summed E-state index contributed by atoms with van der Waals surface area (Å²) in [5.74, 6) is 3.22. The molecule has 22 heavy (non-hydrogen) atoms. The van der Waals surface area contributed by atoms with Gasteiger partial charge in [-0.15, -0.1) is 0 Å². The zero-order chi connectivity index (χ0) is 15.9. The van der Waals surface area contributed by atoms with Crippen molar-refractivity contribution in [1.82, 2.24) is 0 Å². The minimum Gasteiger partial charge on any atom is -0.493 e. The molecular weight excluding hydrogens is 272 g/mol. The van der Waals surface area contributed by atoms with Crippen molar-refractivity contribution in [2.45, 2.75) is 40.5 Å². The van der Waals surface area contributed by atoms with E-state index >= 15 is 0 Å². The quantitative estimate of drug-likeness (QED) is 0.623. The van der Waals surface area contributed by atoms with Gasteiger partial charge in [-0.2, -0.15) is 0 Å². The summed E-state index contributed by atoms with van der Waals surface area (Å²) in [4.78, 5) is 0. The maximum atomic E-state index is 5.97. The van der Waals surface area contributed by atoms with Crippen LogP contribution < -0.4 is 9.47 Å². The Bertz CT molecular complexity index is 534. The van der Waals surface area contributed by atoms with Crippen LogP contribution in [0.15, 0.2) is 36.4 Å². The number of hydrogen-bond donors (Lipinski definition) is 0. The molecule has 120 valence electrons. The maximum Gasteiger partial charge on any atom is 0.127 e. The summed E-state index contributed by atoms with van der Waals surface area (Å²) in [7, 11) is 0. The van der Waals surface area contributed by atoms with Crippen LogP contribution in [0.25, 0.3) is 10.8 Å². The first kappa shape index (κ1) is 16.7. The van der Waals surface area contributed by atoms with E-state index in [0.717, 1.165) is 48.3 Å². The average Bonchev–Trinajstić information content (AvgIpc) is 2.47. The van der Waals surface area contributed by atoms with Crippen molar-refractivity contribution in [3.8, 4) is 11.5 Å². The maximum absolute atomic E-state index is 5.97. The molecule has 0 unspecified atom stereocenters. The molecule has 0 saturated heterocycles. The Balaban J connectivity index is 2.15. The van der Waals surface area contributed by atoms with Gasteiger partial charge in [-0.05, 0) is 36.8 Å². The van der Waals surface area contributed by atoms with Crippen LogP contribution in [0.1, 0.15) is 40.5 Å². The molecule has 0 aromatic heterocycles. The summed E-state index contributed by atoms with van der Waals surface area (Å²) in [6.45, 7) is 10.4. The van der Waals surface area contributed by atoms with Crippen molar-refractivity contribution in [3.63, 3.8) is 0 Å². The van der Waals surface area contributed by atoms with Crippen LogP contribution in [0, 0.1) is 11.8 Å². The molecule has 2 nitrogen and oxygen atoms in total. The summed E-state index contributed by atoms with van der Waals surface area (Å²) in [6.07, 6.45) is 2.14.